The highest BCUT2D eigenvalue weighted by molar-refractivity contribution is 8.93. The molecule has 62 valence electrons. The monoisotopic (exact) mass is 209 g/mol. The van der Waals surface area contributed by atoms with Gasteiger partial charge in [-0.05, 0) is 38.3 Å². The average molecular weight is 210 g/mol. The van der Waals surface area contributed by atoms with Crippen LogP contribution in [0.3, 0.4) is 0 Å². The zero-order valence-electron chi connectivity index (χ0n) is 6.18. The zero-order valence-corrected chi connectivity index (χ0v) is 7.89. The molecule has 2 N–H and O–H groups in total. The number of halogens is 1. The maximum atomic E-state index is 2.59. The molecule has 2 aliphatic rings. The molecule has 2 aliphatic heterocycles. The van der Waals surface area contributed by atoms with Crippen LogP contribution in [0.4, 0.5) is 0 Å². The molecule has 10 heavy (non-hydrogen) atoms. The molecular formula is C7H16BrNO. The first kappa shape index (κ1) is 10.4. The lowest BCUT2D eigenvalue weighted by Crippen LogP contribution is -2.25. The molecule has 0 aromatic rings. The van der Waals surface area contributed by atoms with Crippen molar-refractivity contribution in [3.63, 3.8) is 0 Å². The van der Waals surface area contributed by atoms with Gasteiger partial charge in [-0.1, -0.05) is 0 Å². The summed E-state index contributed by atoms with van der Waals surface area (Å²) in [5.74, 6) is 1.09. The Labute approximate surface area is 72.7 Å². The number of piperidine rings is 1. The van der Waals surface area contributed by atoms with Gasteiger partial charge in [0.15, 0.2) is 0 Å². The predicted molar refractivity (Wildman–Crippen MR) is 47.7 cm³/mol. The van der Waals surface area contributed by atoms with Crippen LogP contribution in [0.1, 0.15) is 19.3 Å². The van der Waals surface area contributed by atoms with E-state index >= 15 is 0 Å². The Morgan fingerprint density at radius 2 is 1.90 bits per heavy atom. The summed E-state index contributed by atoms with van der Waals surface area (Å²) in [6.45, 7) is 4.20. The van der Waals surface area contributed by atoms with Crippen LogP contribution in [0.5, 0.6) is 0 Å². The Hall–Kier alpha value is 0.400. The van der Waals surface area contributed by atoms with Crippen molar-refractivity contribution in [1.29, 1.82) is 0 Å². The maximum Gasteiger partial charge on any atom is 0.00101 e. The smallest absolute Gasteiger partial charge is 0.00101 e. The third-order valence-corrected chi connectivity index (χ3v) is 2.46. The highest BCUT2D eigenvalue weighted by atomic mass is 79.9. The number of hydrogen-bond donors (Lipinski definition) is 0. The van der Waals surface area contributed by atoms with Crippen molar-refractivity contribution in [2.24, 2.45) is 5.92 Å². The van der Waals surface area contributed by atoms with E-state index in [1.807, 2.05) is 0 Å². The van der Waals surface area contributed by atoms with E-state index in [4.69, 9.17) is 0 Å². The van der Waals surface area contributed by atoms with Crippen molar-refractivity contribution in [2.75, 3.05) is 19.6 Å². The summed E-state index contributed by atoms with van der Waals surface area (Å²) >= 11 is 0. The molecule has 0 amide bonds. The Bertz CT molecular complexity index is 85.6. The van der Waals surface area contributed by atoms with Crippen LogP contribution in [0, 0.1) is 5.92 Å². The first-order valence-electron chi connectivity index (χ1n) is 3.67. The summed E-state index contributed by atoms with van der Waals surface area (Å²) in [4.78, 5) is 2.59. The van der Waals surface area contributed by atoms with Crippen molar-refractivity contribution < 1.29 is 5.48 Å². The Kier molecular flexibility index (Phi) is 4.49. The zero-order chi connectivity index (χ0) is 5.40. The molecule has 0 aliphatic carbocycles. The summed E-state index contributed by atoms with van der Waals surface area (Å²) < 4.78 is 0. The third-order valence-electron chi connectivity index (χ3n) is 2.46. The van der Waals surface area contributed by atoms with Crippen molar-refractivity contribution in [3.05, 3.63) is 0 Å². The lowest BCUT2D eigenvalue weighted by Gasteiger charge is -2.20. The van der Waals surface area contributed by atoms with E-state index in [1.165, 1.54) is 38.9 Å². The van der Waals surface area contributed by atoms with Gasteiger partial charge in [-0.3, -0.25) is 0 Å². The van der Waals surface area contributed by atoms with E-state index in [0.29, 0.717) is 0 Å². The van der Waals surface area contributed by atoms with Gasteiger partial charge in [0, 0.05) is 6.54 Å². The summed E-state index contributed by atoms with van der Waals surface area (Å²) in [7, 11) is 0. The van der Waals surface area contributed by atoms with E-state index < -0.39 is 0 Å². The Morgan fingerprint density at radius 1 is 1.10 bits per heavy atom. The largest absolute Gasteiger partial charge is 0.412 e. The molecule has 0 spiro atoms. The standard InChI is InChI=1S/C7H13N.BrH.H2O/c1-2-7-3-5-8(4-1)6-7;;/h7H,1-6H2;1H;1H2. The fraction of sp³-hybridized carbons (Fsp3) is 1.00. The molecule has 2 nitrogen and oxygen atoms in total. The second-order valence-corrected chi connectivity index (χ2v) is 3.10. The molecule has 2 unspecified atom stereocenters. The molecule has 0 saturated carbocycles. The van der Waals surface area contributed by atoms with Gasteiger partial charge < -0.3 is 10.4 Å². The minimum Gasteiger partial charge on any atom is -0.412 e. The molecule has 0 radical (unpaired) electrons. The molecule has 2 atom stereocenters. The summed E-state index contributed by atoms with van der Waals surface area (Å²) in [6, 6.07) is 0. The topological polar surface area (TPSA) is 34.7 Å². The van der Waals surface area contributed by atoms with E-state index in [2.05, 4.69) is 4.90 Å². The van der Waals surface area contributed by atoms with Gasteiger partial charge in [0.1, 0.15) is 0 Å². The lowest BCUT2D eigenvalue weighted by atomic mass is 10.0. The van der Waals surface area contributed by atoms with Gasteiger partial charge in [-0.2, -0.15) is 0 Å². The van der Waals surface area contributed by atoms with Gasteiger partial charge in [-0.15, -0.1) is 17.0 Å². The maximum absolute atomic E-state index is 2.59. The van der Waals surface area contributed by atoms with E-state index in [0.717, 1.165) is 5.92 Å². The van der Waals surface area contributed by atoms with Crippen LogP contribution in [-0.4, -0.2) is 30.0 Å². The average Bonchev–Trinajstić information content (AvgIpc) is 2.12. The van der Waals surface area contributed by atoms with Gasteiger partial charge in [0.05, 0.1) is 0 Å². The van der Waals surface area contributed by atoms with Gasteiger partial charge in [0.2, 0.25) is 0 Å². The fourth-order valence-corrected chi connectivity index (χ4v) is 1.96. The van der Waals surface area contributed by atoms with Crippen LogP contribution in [0.2, 0.25) is 0 Å². The van der Waals surface area contributed by atoms with Crippen molar-refractivity contribution in [1.82, 2.24) is 4.90 Å². The van der Waals surface area contributed by atoms with Gasteiger partial charge in [-0.25, -0.2) is 0 Å². The molecule has 2 bridgehead atoms. The van der Waals surface area contributed by atoms with Crippen molar-refractivity contribution >= 4 is 17.0 Å². The first-order chi connectivity index (χ1) is 3.95. The molecule has 2 heterocycles. The van der Waals surface area contributed by atoms with E-state index in [9.17, 15) is 0 Å². The van der Waals surface area contributed by atoms with E-state index in [-0.39, 0.29) is 22.5 Å². The number of hydrogen-bond acceptors (Lipinski definition) is 1. The molecule has 3 heteroatoms. The summed E-state index contributed by atoms with van der Waals surface area (Å²) in [5, 5.41) is 0. The fourth-order valence-electron chi connectivity index (χ4n) is 1.96. The number of fused-ring (bicyclic) bond motifs is 2. The van der Waals surface area contributed by atoms with Crippen molar-refractivity contribution in [2.45, 2.75) is 19.3 Å². The van der Waals surface area contributed by atoms with E-state index in [1.54, 1.807) is 0 Å². The second-order valence-electron chi connectivity index (χ2n) is 3.10. The van der Waals surface area contributed by atoms with Crippen LogP contribution in [0.15, 0.2) is 0 Å². The van der Waals surface area contributed by atoms with Crippen LogP contribution in [-0.2, 0) is 0 Å². The molecule has 0 aromatic carbocycles. The molecular weight excluding hydrogens is 194 g/mol. The molecule has 2 fully saturated rings. The molecule has 2 rings (SSSR count). The van der Waals surface area contributed by atoms with Crippen LogP contribution >= 0.6 is 17.0 Å². The molecule has 0 aromatic heterocycles. The van der Waals surface area contributed by atoms with Crippen LogP contribution < -0.4 is 0 Å². The highest BCUT2D eigenvalue weighted by Crippen LogP contribution is 2.25. The van der Waals surface area contributed by atoms with Gasteiger partial charge >= 0.3 is 0 Å². The number of rotatable bonds is 0. The van der Waals surface area contributed by atoms with Crippen molar-refractivity contribution in [3.8, 4) is 0 Å². The first-order valence-corrected chi connectivity index (χ1v) is 3.67. The number of nitrogens with zero attached hydrogens (tertiary/aromatic N) is 1. The van der Waals surface area contributed by atoms with Gasteiger partial charge in [0.25, 0.3) is 0 Å². The lowest BCUT2D eigenvalue weighted by molar-refractivity contribution is 0.270. The summed E-state index contributed by atoms with van der Waals surface area (Å²) in [6.07, 6.45) is 4.46. The quantitative estimate of drug-likeness (QED) is 0.583. The minimum absolute atomic E-state index is 0. The third kappa shape index (κ3) is 1.94. The normalized spacial score (nSPS) is 36.0. The molecule has 2 saturated heterocycles. The Balaban J connectivity index is 0.000000405. The minimum atomic E-state index is 0. The SMILES string of the molecule is Br.C1CC2CCN(C1)C2.O. The van der Waals surface area contributed by atoms with Crippen LogP contribution in [0.25, 0.3) is 0 Å². The summed E-state index contributed by atoms with van der Waals surface area (Å²) in [5.41, 5.74) is 0. The predicted octanol–water partition coefficient (Wildman–Crippen LogP) is 0.855. The Morgan fingerprint density at radius 3 is 2.50 bits per heavy atom. The highest BCUT2D eigenvalue weighted by Gasteiger charge is 2.25. The second kappa shape index (κ2) is 4.31.